The first-order valence-corrected chi connectivity index (χ1v) is 14.2. The van der Waals surface area contributed by atoms with Crippen molar-refractivity contribution in [2.75, 3.05) is 0 Å². The van der Waals surface area contributed by atoms with Crippen LogP contribution < -0.4 is 5.56 Å². The lowest BCUT2D eigenvalue weighted by Gasteiger charge is -2.12. The second-order valence-corrected chi connectivity index (χ2v) is 10.8. The minimum Gasteiger partial charge on any atom is -0.268 e. The molecule has 42 heavy (non-hydrogen) atoms. The normalized spacial score (nSPS) is 11.6. The van der Waals surface area contributed by atoms with Crippen LogP contribution in [-0.2, 0) is 6.42 Å². The molecule has 0 N–H and O–H groups in total. The summed E-state index contributed by atoms with van der Waals surface area (Å²) in [4.78, 5) is 19.5. The SMILES string of the molecule is C=CCc1ccc(-c2ccc3c4c2cccc4c(=O)n2c4cc(-c5ccccc5)cc(-c5ccccc5)c4nc32)cc1. The van der Waals surface area contributed by atoms with E-state index < -0.39 is 0 Å². The number of pyridine rings is 1. The fraction of sp³-hybridized carbons (Fsp3) is 0.0256. The summed E-state index contributed by atoms with van der Waals surface area (Å²) in [5.41, 5.74) is 9.97. The minimum atomic E-state index is -0.0479. The number of aromatic nitrogens is 2. The maximum atomic E-state index is 14.3. The topological polar surface area (TPSA) is 34.4 Å². The highest BCUT2D eigenvalue weighted by molar-refractivity contribution is 6.19. The average Bonchev–Trinajstić information content (AvgIpc) is 3.44. The van der Waals surface area contributed by atoms with Crippen LogP contribution in [0.5, 0.6) is 0 Å². The van der Waals surface area contributed by atoms with Crippen LogP contribution in [0.4, 0.5) is 0 Å². The Kier molecular flexibility index (Phi) is 5.51. The van der Waals surface area contributed by atoms with E-state index in [0.717, 1.165) is 67.0 Å². The highest BCUT2D eigenvalue weighted by atomic mass is 16.1. The van der Waals surface area contributed by atoms with Crippen molar-refractivity contribution in [3.8, 4) is 33.4 Å². The molecule has 0 unspecified atom stereocenters. The van der Waals surface area contributed by atoms with Crippen LogP contribution in [0, 0.1) is 0 Å². The Morgan fingerprint density at radius 2 is 1.31 bits per heavy atom. The van der Waals surface area contributed by atoms with Crippen molar-refractivity contribution < 1.29 is 0 Å². The minimum absolute atomic E-state index is 0.0479. The molecule has 0 atom stereocenters. The summed E-state index contributed by atoms with van der Waals surface area (Å²) >= 11 is 0. The number of hydrogen-bond acceptors (Lipinski definition) is 2. The van der Waals surface area contributed by atoms with Crippen LogP contribution in [0.2, 0.25) is 0 Å². The molecule has 8 aromatic rings. The third-order valence-electron chi connectivity index (χ3n) is 8.31. The number of allylic oxidation sites excluding steroid dienone is 1. The van der Waals surface area contributed by atoms with Crippen molar-refractivity contribution in [3.05, 3.63) is 156 Å². The second kappa shape index (κ2) is 9.53. The number of nitrogens with zero attached hydrogens (tertiary/aromatic N) is 2. The monoisotopic (exact) mass is 538 g/mol. The van der Waals surface area contributed by atoms with Gasteiger partial charge in [0.15, 0.2) is 0 Å². The molecule has 0 aliphatic heterocycles. The summed E-state index contributed by atoms with van der Waals surface area (Å²) in [5.74, 6) is 0. The van der Waals surface area contributed by atoms with E-state index in [1.807, 2.05) is 59.0 Å². The number of benzene rings is 6. The highest BCUT2D eigenvalue weighted by Crippen LogP contribution is 2.39. The van der Waals surface area contributed by atoms with Crippen molar-refractivity contribution >= 4 is 38.2 Å². The van der Waals surface area contributed by atoms with E-state index in [1.54, 1.807) is 0 Å². The fourth-order valence-electron chi connectivity index (χ4n) is 6.33. The summed E-state index contributed by atoms with van der Waals surface area (Å²) in [6, 6.07) is 43.9. The molecule has 0 saturated carbocycles. The molecule has 0 fully saturated rings. The molecule has 2 heterocycles. The van der Waals surface area contributed by atoms with E-state index in [2.05, 4.69) is 85.4 Å². The Balaban J connectivity index is 1.47. The number of fused-ring (bicyclic) bond motifs is 4. The lowest BCUT2D eigenvalue weighted by atomic mass is 9.93. The zero-order valence-electron chi connectivity index (χ0n) is 22.9. The molecule has 2 aromatic heterocycles. The van der Waals surface area contributed by atoms with Crippen LogP contribution in [0.15, 0.2) is 145 Å². The van der Waals surface area contributed by atoms with Gasteiger partial charge in [-0.25, -0.2) is 4.98 Å². The molecule has 0 spiro atoms. The van der Waals surface area contributed by atoms with Crippen molar-refractivity contribution in [1.29, 1.82) is 0 Å². The van der Waals surface area contributed by atoms with Crippen molar-refractivity contribution in [2.45, 2.75) is 6.42 Å². The molecule has 0 saturated heterocycles. The zero-order valence-corrected chi connectivity index (χ0v) is 22.9. The molecule has 3 heteroatoms. The Morgan fingerprint density at radius 1 is 0.619 bits per heavy atom. The van der Waals surface area contributed by atoms with E-state index in [1.165, 1.54) is 5.56 Å². The third-order valence-corrected chi connectivity index (χ3v) is 8.31. The molecule has 0 amide bonds. The Labute approximate surface area is 243 Å². The van der Waals surface area contributed by atoms with Gasteiger partial charge >= 0.3 is 0 Å². The van der Waals surface area contributed by atoms with E-state index in [4.69, 9.17) is 4.98 Å². The molecule has 3 nitrogen and oxygen atoms in total. The van der Waals surface area contributed by atoms with Crippen LogP contribution >= 0.6 is 0 Å². The average molecular weight is 539 g/mol. The standard InChI is InChI=1S/C39H26N2O/c1-2-10-25-17-19-28(20-18-25)30-21-22-32-36-31(30)15-9-16-33(36)39(42)41-35-24-29(26-11-5-3-6-12-26)23-34(37(35)40-38(32)41)27-13-7-4-8-14-27/h2-9,11-24H,1,10H2. The lowest BCUT2D eigenvalue weighted by Crippen LogP contribution is -2.13. The lowest BCUT2D eigenvalue weighted by molar-refractivity contribution is 1.19. The van der Waals surface area contributed by atoms with Gasteiger partial charge in [0, 0.05) is 21.7 Å². The van der Waals surface area contributed by atoms with Gasteiger partial charge in [-0.15, -0.1) is 6.58 Å². The third kappa shape index (κ3) is 3.68. The van der Waals surface area contributed by atoms with Gasteiger partial charge in [-0.3, -0.25) is 9.20 Å². The van der Waals surface area contributed by atoms with Gasteiger partial charge in [-0.05, 0) is 69.5 Å². The van der Waals surface area contributed by atoms with Crippen molar-refractivity contribution in [3.63, 3.8) is 0 Å². The van der Waals surface area contributed by atoms with Crippen LogP contribution in [-0.4, -0.2) is 9.38 Å². The molecular weight excluding hydrogens is 512 g/mol. The first kappa shape index (κ1) is 24.3. The van der Waals surface area contributed by atoms with Gasteiger partial charge in [0.2, 0.25) is 0 Å². The molecule has 198 valence electrons. The molecule has 6 aromatic carbocycles. The molecule has 0 aliphatic rings. The molecule has 8 rings (SSSR count). The van der Waals surface area contributed by atoms with E-state index in [9.17, 15) is 4.79 Å². The molecule has 0 bridgehead atoms. The Hall–Kier alpha value is -5.54. The van der Waals surface area contributed by atoms with Gasteiger partial charge in [-0.1, -0.05) is 109 Å². The zero-order chi connectivity index (χ0) is 28.2. The molecule has 0 radical (unpaired) electrons. The summed E-state index contributed by atoms with van der Waals surface area (Å²) in [6.07, 6.45) is 2.76. The van der Waals surface area contributed by atoms with Crippen molar-refractivity contribution in [1.82, 2.24) is 9.38 Å². The maximum Gasteiger partial charge on any atom is 0.264 e. The van der Waals surface area contributed by atoms with E-state index >= 15 is 0 Å². The number of rotatable bonds is 5. The second-order valence-electron chi connectivity index (χ2n) is 10.8. The smallest absolute Gasteiger partial charge is 0.264 e. The van der Waals surface area contributed by atoms with Gasteiger partial charge in [0.1, 0.15) is 5.65 Å². The van der Waals surface area contributed by atoms with Gasteiger partial charge in [-0.2, -0.15) is 0 Å². The van der Waals surface area contributed by atoms with Gasteiger partial charge < -0.3 is 0 Å². The predicted molar refractivity (Wildman–Crippen MR) is 175 cm³/mol. The Morgan fingerprint density at radius 3 is 2.05 bits per heavy atom. The summed E-state index contributed by atoms with van der Waals surface area (Å²) < 4.78 is 1.81. The van der Waals surface area contributed by atoms with Crippen molar-refractivity contribution in [2.24, 2.45) is 0 Å². The maximum absolute atomic E-state index is 14.3. The Bertz CT molecular complexity index is 2330. The number of hydrogen-bond donors (Lipinski definition) is 0. The largest absolute Gasteiger partial charge is 0.268 e. The highest BCUT2D eigenvalue weighted by Gasteiger charge is 2.20. The first-order valence-electron chi connectivity index (χ1n) is 14.2. The number of imidazole rings is 1. The quantitative estimate of drug-likeness (QED) is 0.205. The van der Waals surface area contributed by atoms with Gasteiger partial charge in [0.25, 0.3) is 5.56 Å². The summed E-state index contributed by atoms with van der Waals surface area (Å²) in [6.45, 7) is 3.86. The fourth-order valence-corrected chi connectivity index (χ4v) is 6.33. The predicted octanol–water partition coefficient (Wildman–Crippen LogP) is 9.32. The van der Waals surface area contributed by atoms with E-state index in [0.29, 0.717) is 11.0 Å². The summed E-state index contributed by atoms with van der Waals surface area (Å²) in [7, 11) is 0. The van der Waals surface area contributed by atoms with Crippen LogP contribution in [0.3, 0.4) is 0 Å². The molecule has 0 aliphatic carbocycles. The van der Waals surface area contributed by atoms with Crippen LogP contribution in [0.1, 0.15) is 5.56 Å². The molecular formula is C39H26N2O. The van der Waals surface area contributed by atoms with Crippen LogP contribution in [0.25, 0.3) is 71.6 Å². The first-order chi connectivity index (χ1) is 20.7. The van der Waals surface area contributed by atoms with E-state index in [-0.39, 0.29) is 5.56 Å². The van der Waals surface area contributed by atoms with Gasteiger partial charge in [0.05, 0.1) is 11.0 Å². The summed E-state index contributed by atoms with van der Waals surface area (Å²) in [5, 5.41) is 3.69.